The third-order valence-electron chi connectivity index (χ3n) is 5.16. The van der Waals surface area contributed by atoms with Crippen molar-refractivity contribution in [3.63, 3.8) is 0 Å². The highest BCUT2D eigenvalue weighted by molar-refractivity contribution is 5.93. The summed E-state index contributed by atoms with van der Waals surface area (Å²) in [7, 11) is 0. The number of ether oxygens (including phenoxy) is 1. The number of aryl methyl sites for hydroxylation is 1. The summed E-state index contributed by atoms with van der Waals surface area (Å²) >= 11 is 0. The van der Waals surface area contributed by atoms with Crippen LogP contribution < -0.4 is 5.32 Å². The molecular weight excluding hydrogens is 318 g/mol. The zero-order valence-electron chi connectivity index (χ0n) is 14.4. The van der Waals surface area contributed by atoms with Crippen LogP contribution in [0, 0.1) is 18.8 Å². The van der Waals surface area contributed by atoms with Crippen LogP contribution in [0.1, 0.15) is 21.9 Å². The monoisotopic (exact) mass is 341 g/mol. The van der Waals surface area contributed by atoms with Crippen molar-refractivity contribution in [2.45, 2.75) is 19.6 Å². The Morgan fingerprint density at radius 3 is 2.88 bits per heavy atom. The molecule has 2 fully saturated rings. The summed E-state index contributed by atoms with van der Waals surface area (Å²) in [4.78, 5) is 18.5. The van der Waals surface area contributed by atoms with E-state index in [9.17, 15) is 4.79 Å². The highest BCUT2D eigenvalue weighted by Crippen LogP contribution is 2.34. The Morgan fingerprint density at radius 2 is 2.12 bits per heavy atom. The Kier molecular flexibility index (Phi) is 4.55. The van der Waals surface area contributed by atoms with E-state index in [0.29, 0.717) is 23.9 Å². The summed E-state index contributed by atoms with van der Waals surface area (Å²) < 4.78 is 11.6. The Hall–Kier alpha value is -2.18. The van der Waals surface area contributed by atoms with E-state index in [-0.39, 0.29) is 12.0 Å². The van der Waals surface area contributed by atoms with Gasteiger partial charge in [-0.15, -0.1) is 0 Å². The number of nitrogens with one attached hydrogen (secondary N) is 1. The number of likely N-dealkylation sites (tertiary alicyclic amines) is 1. The van der Waals surface area contributed by atoms with E-state index in [2.05, 4.69) is 15.2 Å². The fourth-order valence-corrected chi connectivity index (χ4v) is 3.84. The number of hydrogen-bond acceptors (Lipinski definition) is 5. The van der Waals surface area contributed by atoms with Crippen LogP contribution in [0.3, 0.4) is 0 Å². The number of amides is 1. The number of carbonyl (C=O) groups is 1. The maximum absolute atomic E-state index is 12.2. The largest absolute Gasteiger partial charge is 0.465 e. The van der Waals surface area contributed by atoms with Crippen molar-refractivity contribution in [2.75, 3.05) is 26.2 Å². The molecule has 2 saturated heterocycles. The number of rotatable bonds is 5. The van der Waals surface area contributed by atoms with Crippen LogP contribution in [0.5, 0.6) is 0 Å². The van der Waals surface area contributed by atoms with Crippen LogP contribution in [0.4, 0.5) is 0 Å². The lowest BCUT2D eigenvalue weighted by atomic mass is 9.93. The van der Waals surface area contributed by atoms with Gasteiger partial charge in [0, 0.05) is 49.4 Å². The minimum Gasteiger partial charge on any atom is -0.465 e. The van der Waals surface area contributed by atoms with Gasteiger partial charge in [0.25, 0.3) is 5.91 Å². The quantitative estimate of drug-likeness (QED) is 0.899. The molecule has 132 valence electrons. The van der Waals surface area contributed by atoms with E-state index in [1.165, 1.54) is 0 Å². The normalized spacial score (nSPS) is 25.9. The summed E-state index contributed by atoms with van der Waals surface area (Å²) in [5.74, 6) is 2.72. The molecule has 25 heavy (non-hydrogen) atoms. The first-order valence-electron chi connectivity index (χ1n) is 8.76. The molecule has 0 aromatic carbocycles. The smallest absolute Gasteiger partial charge is 0.251 e. The van der Waals surface area contributed by atoms with Gasteiger partial charge in [-0.3, -0.25) is 14.7 Å². The second-order valence-electron chi connectivity index (χ2n) is 6.95. The molecule has 0 spiro atoms. The molecule has 3 atom stereocenters. The van der Waals surface area contributed by atoms with Gasteiger partial charge in [-0.25, -0.2) is 0 Å². The van der Waals surface area contributed by atoms with Gasteiger partial charge < -0.3 is 14.5 Å². The predicted molar refractivity (Wildman–Crippen MR) is 92.0 cm³/mol. The Balaban J connectivity index is 1.30. The third-order valence-corrected chi connectivity index (χ3v) is 5.16. The van der Waals surface area contributed by atoms with Crippen molar-refractivity contribution in [1.82, 2.24) is 15.2 Å². The Bertz CT molecular complexity index is 731. The van der Waals surface area contributed by atoms with Gasteiger partial charge in [0.15, 0.2) is 0 Å². The topological polar surface area (TPSA) is 67.6 Å². The number of hydrogen-bond donors (Lipinski definition) is 1. The van der Waals surface area contributed by atoms with Gasteiger partial charge in [0.1, 0.15) is 11.5 Å². The molecule has 2 aromatic heterocycles. The number of pyridine rings is 1. The minimum absolute atomic E-state index is 0.0493. The molecule has 0 aliphatic carbocycles. The van der Waals surface area contributed by atoms with Gasteiger partial charge in [-0.2, -0.15) is 0 Å². The van der Waals surface area contributed by atoms with E-state index in [1.807, 2.05) is 19.1 Å². The fraction of sp³-hybridized carbons (Fsp3) is 0.474. The van der Waals surface area contributed by atoms with Crippen LogP contribution in [0.2, 0.25) is 0 Å². The molecule has 6 heteroatoms. The lowest BCUT2D eigenvalue weighted by Crippen LogP contribution is -2.34. The molecule has 2 aliphatic rings. The van der Waals surface area contributed by atoms with Crippen molar-refractivity contribution in [3.8, 4) is 0 Å². The van der Waals surface area contributed by atoms with Crippen LogP contribution in [0.25, 0.3) is 0 Å². The van der Waals surface area contributed by atoms with Crippen LogP contribution in [-0.4, -0.2) is 48.1 Å². The number of nitrogens with zero attached hydrogens (tertiary/aromatic N) is 2. The molecule has 4 heterocycles. The molecule has 6 nitrogen and oxygen atoms in total. The second kappa shape index (κ2) is 6.98. The first-order valence-corrected chi connectivity index (χ1v) is 8.76. The lowest BCUT2D eigenvalue weighted by Gasteiger charge is -2.19. The molecule has 0 unspecified atom stereocenters. The maximum atomic E-state index is 12.2. The summed E-state index contributed by atoms with van der Waals surface area (Å²) in [5, 5.41) is 3.04. The average molecular weight is 341 g/mol. The summed E-state index contributed by atoms with van der Waals surface area (Å²) in [5.41, 5.74) is 0.645. The molecule has 2 aliphatic heterocycles. The Labute approximate surface area is 147 Å². The van der Waals surface area contributed by atoms with Gasteiger partial charge in [0.05, 0.1) is 19.3 Å². The highest BCUT2D eigenvalue weighted by atomic mass is 16.5. The number of fused-ring (bicyclic) bond motifs is 1. The molecule has 0 bridgehead atoms. The molecule has 0 radical (unpaired) electrons. The molecule has 1 amide bonds. The van der Waals surface area contributed by atoms with Crippen LogP contribution in [0.15, 0.2) is 41.1 Å². The molecular formula is C19H23N3O3. The molecule has 0 saturated carbocycles. The SMILES string of the molecule is Cc1ccc(CN2C[C@H]3[C@H](CNC(=O)c4ccncc4)CO[C@H]3C2)o1. The fourth-order valence-electron chi connectivity index (χ4n) is 3.84. The standard InChI is InChI=1S/C19H23N3O3/c1-13-2-3-16(25-13)9-22-10-17-15(12-24-18(17)11-22)8-21-19(23)14-4-6-20-7-5-14/h2-7,15,17-18H,8-12H2,1H3,(H,21,23)/t15-,17+,18+/m1/s1. The molecule has 1 N–H and O–H groups in total. The van der Waals surface area contributed by atoms with Gasteiger partial charge >= 0.3 is 0 Å². The lowest BCUT2D eigenvalue weighted by molar-refractivity contribution is 0.0897. The minimum atomic E-state index is -0.0493. The number of carbonyl (C=O) groups excluding carboxylic acids is 1. The first kappa shape index (κ1) is 16.3. The van der Waals surface area contributed by atoms with Gasteiger partial charge in [0.2, 0.25) is 0 Å². The Morgan fingerprint density at radius 1 is 1.28 bits per heavy atom. The average Bonchev–Trinajstić information content (AvgIpc) is 3.30. The zero-order chi connectivity index (χ0) is 17.2. The first-order chi connectivity index (χ1) is 12.2. The predicted octanol–water partition coefficient (Wildman–Crippen LogP) is 1.86. The van der Waals surface area contributed by atoms with Crippen molar-refractivity contribution >= 4 is 5.91 Å². The van der Waals surface area contributed by atoms with Crippen molar-refractivity contribution < 1.29 is 13.9 Å². The van der Waals surface area contributed by atoms with E-state index in [0.717, 1.165) is 37.8 Å². The molecule has 2 aromatic rings. The van der Waals surface area contributed by atoms with Crippen LogP contribution in [-0.2, 0) is 11.3 Å². The van der Waals surface area contributed by atoms with E-state index >= 15 is 0 Å². The second-order valence-corrected chi connectivity index (χ2v) is 6.95. The zero-order valence-corrected chi connectivity index (χ0v) is 14.4. The van der Waals surface area contributed by atoms with Gasteiger partial charge in [-0.05, 0) is 31.2 Å². The van der Waals surface area contributed by atoms with Crippen molar-refractivity contribution in [3.05, 3.63) is 53.7 Å². The number of aromatic nitrogens is 1. The van der Waals surface area contributed by atoms with Crippen molar-refractivity contribution in [2.24, 2.45) is 11.8 Å². The highest BCUT2D eigenvalue weighted by Gasteiger charge is 2.43. The number of furan rings is 1. The van der Waals surface area contributed by atoms with Gasteiger partial charge in [-0.1, -0.05) is 0 Å². The molecule has 4 rings (SSSR count). The third kappa shape index (κ3) is 3.60. The van der Waals surface area contributed by atoms with E-state index < -0.39 is 0 Å². The summed E-state index contributed by atoms with van der Waals surface area (Å²) in [6.45, 7) is 6.07. The maximum Gasteiger partial charge on any atom is 0.251 e. The summed E-state index contributed by atoms with van der Waals surface area (Å²) in [6, 6.07) is 7.49. The van der Waals surface area contributed by atoms with Crippen LogP contribution >= 0.6 is 0 Å². The van der Waals surface area contributed by atoms with Crippen molar-refractivity contribution in [1.29, 1.82) is 0 Å². The van der Waals surface area contributed by atoms with E-state index in [1.54, 1.807) is 24.5 Å². The summed E-state index contributed by atoms with van der Waals surface area (Å²) in [6.07, 6.45) is 3.53. The van der Waals surface area contributed by atoms with E-state index in [4.69, 9.17) is 9.15 Å².